The van der Waals surface area contributed by atoms with Crippen LogP contribution in [0.25, 0.3) is 10.9 Å². The zero-order chi connectivity index (χ0) is 14.7. The minimum Gasteiger partial charge on any atom is -0.488 e. The molecule has 0 spiro atoms. The van der Waals surface area contributed by atoms with E-state index < -0.39 is 0 Å². The van der Waals surface area contributed by atoms with Crippen LogP contribution in [0.2, 0.25) is 0 Å². The number of ether oxygens (including phenoxy) is 1. The van der Waals surface area contributed by atoms with Gasteiger partial charge in [0.1, 0.15) is 18.2 Å². The largest absolute Gasteiger partial charge is 0.488 e. The zero-order valence-corrected chi connectivity index (χ0v) is 11.4. The van der Waals surface area contributed by atoms with E-state index in [2.05, 4.69) is 4.98 Å². The van der Waals surface area contributed by atoms with E-state index in [9.17, 15) is 4.39 Å². The van der Waals surface area contributed by atoms with Gasteiger partial charge in [0.15, 0.2) is 0 Å². The fourth-order valence-corrected chi connectivity index (χ4v) is 2.22. The number of nitrogens with zero attached hydrogens (tertiary/aromatic N) is 1. The number of pyridine rings is 1. The molecule has 0 saturated carbocycles. The van der Waals surface area contributed by atoms with E-state index in [4.69, 9.17) is 10.5 Å². The first-order chi connectivity index (χ1) is 10.3. The summed E-state index contributed by atoms with van der Waals surface area (Å²) in [5.74, 6) is 0.406. The number of aromatic nitrogens is 1. The molecule has 2 N–H and O–H groups in total. The number of rotatable bonds is 4. The van der Waals surface area contributed by atoms with E-state index >= 15 is 0 Å². The molecule has 0 atom stereocenters. The maximum atomic E-state index is 13.8. The molecule has 0 aliphatic rings. The summed E-state index contributed by atoms with van der Waals surface area (Å²) >= 11 is 0. The van der Waals surface area contributed by atoms with E-state index in [1.807, 2.05) is 30.3 Å². The molecule has 0 radical (unpaired) electrons. The average molecular weight is 282 g/mol. The fraction of sp³-hybridized carbons (Fsp3) is 0.118. The quantitative estimate of drug-likeness (QED) is 0.797. The van der Waals surface area contributed by atoms with Crippen molar-refractivity contribution in [3.05, 3.63) is 71.7 Å². The van der Waals surface area contributed by atoms with Gasteiger partial charge in [-0.2, -0.15) is 0 Å². The molecule has 3 aromatic rings. The molecule has 0 saturated heterocycles. The number of fused-ring (bicyclic) bond motifs is 1. The number of hydrogen-bond acceptors (Lipinski definition) is 3. The van der Waals surface area contributed by atoms with Crippen LogP contribution < -0.4 is 10.5 Å². The summed E-state index contributed by atoms with van der Waals surface area (Å²) in [6, 6.07) is 14.3. The lowest BCUT2D eigenvalue weighted by Gasteiger charge is -2.10. The summed E-state index contributed by atoms with van der Waals surface area (Å²) in [7, 11) is 0. The van der Waals surface area contributed by atoms with Crippen LogP contribution in [0.4, 0.5) is 4.39 Å². The van der Waals surface area contributed by atoms with E-state index in [0.29, 0.717) is 17.9 Å². The molecule has 0 aliphatic heterocycles. The third-order valence-corrected chi connectivity index (χ3v) is 3.33. The zero-order valence-electron chi connectivity index (χ0n) is 11.4. The van der Waals surface area contributed by atoms with Crippen molar-refractivity contribution in [1.82, 2.24) is 4.98 Å². The van der Waals surface area contributed by atoms with Gasteiger partial charge in [0.05, 0.1) is 5.52 Å². The fourth-order valence-electron chi connectivity index (χ4n) is 2.22. The molecule has 3 nitrogen and oxygen atoms in total. The van der Waals surface area contributed by atoms with Crippen LogP contribution >= 0.6 is 0 Å². The van der Waals surface area contributed by atoms with Gasteiger partial charge in [-0.1, -0.05) is 12.1 Å². The van der Waals surface area contributed by atoms with E-state index in [0.717, 1.165) is 16.5 Å². The first-order valence-corrected chi connectivity index (χ1v) is 6.72. The van der Waals surface area contributed by atoms with E-state index in [1.165, 1.54) is 6.07 Å². The number of benzene rings is 2. The topological polar surface area (TPSA) is 48.1 Å². The van der Waals surface area contributed by atoms with Gasteiger partial charge in [0.2, 0.25) is 0 Å². The van der Waals surface area contributed by atoms with Crippen LogP contribution in [0, 0.1) is 5.82 Å². The second-order valence-corrected chi connectivity index (χ2v) is 4.74. The summed E-state index contributed by atoms with van der Waals surface area (Å²) in [6.45, 7) is 0.541. The maximum Gasteiger partial charge on any atom is 0.129 e. The van der Waals surface area contributed by atoms with Crippen LogP contribution in [0.15, 0.2) is 54.7 Å². The Balaban J connectivity index is 1.87. The standard InChI is InChI=1S/C17H15FN2O/c18-15-7-6-12(10-19)9-13(15)11-21-17-5-1-4-16-14(17)3-2-8-20-16/h1-9H,10-11,19H2. The molecule has 0 bridgehead atoms. The Morgan fingerprint density at radius 3 is 2.86 bits per heavy atom. The second kappa shape index (κ2) is 5.89. The van der Waals surface area contributed by atoms with Gasteiger partial charge in [-0.3, -0.25) is 4.98 Å². The van der Waals surface area contributed by atoms with Gasteiger partial charge in [0.25, 0.3) is 0 Å². The Morgan fingerprint density at radius 1 is 1.10 bits per heavy atom. The highest BCUT2D eigenvalue weighted by Crippen LogP contribution is 2.25. The Labute approximate surface area is 122 Å². The lowest BCUT2D eigenvalue weighted by molar-refractivity contribution is 0.303. The molecule has 0 fully saturated rings. The molecule has 2 aromatic carbocycles. The lowest BCUT2D eigenvalue weighted by Crippen LogP contribution is -2.03. The van der Waals surface area contributed by atoms with Crippen molar-refractivity contribution in [2.45, 2.75) is 13.2 Å². The SMILES string of the molecule is NCc1ccc(F)c(COc2cccc3ncccc23)c1. The van der Waals surface area contributed by atoms with Gasteiger partial charge in [-0.05, 0) is 42.0 Å². The van der Waals surface area contributed by atoms with Crippen LogP contribution in [-0.4, -0.2) is 4.98 Å². The van der Waals surface area contributed by atoms with Gasteiger partial charge < -0.3 is 10.5 Å². The Hall–Kier alpha value is -2.46. The normalized spacial score (nSPS) is 10.8. The average Bonchev–Trinajstić information content (AvgIpc) is 2.54. The Bertz CT molecular complexity index is 768. The number of nitrogens with two attached hydrogens (primary N) is 1. The Kier molecular flexibility index (Phi) is 3.79. The van der Waals surface area contributed by atoms with Gasteiger partial charge >= 0.3 is 0 Å². The molecule has 1 heterocycles. The first-order valence-electron chi connectivity index (χ1n) is 6.72. The van der Waals surface area contributed by atoms with Crippen molar-refractivity contribution < 1.29 is 9.13 Å². The molecule has 1 aromatic heterocycles. The highest BCUT2D eigenvalue weighted by atomic mass is 19.1. The van der Waals surface area contributed by atoms with E-state index in [-0.39, 0.29) is 12.4 Å². The third kappa shape index (κ3) is 2.85. The van der Waals surface area contributed by atoms with Crippen molar-refractivity contribution in [3.63, 3.8) is 0 Å². The van der Waals surface area contributed by atoms with Gasteiger partial charge in [-0.25, -0.2) is 4.39 Å². The Morgan fingerprint density at radius 2 is 2.00 bits per heavy atom. The molecule has 0 aliphatic carbocycles. The summed E-state index contributed by atoms with van der Waals surface area (Å²) in [5, 5.41) is 0.912. The van der Waals surface area contributed by atoms with E-state index in [1.54, 1.807) is 18.3 Å². The number of hydrogen-bond donors (Lipinski definition) is 1. The predicted molar refractivity (Wildman–Crippen MR) is 80.4 cm³/mol. The van der Waals surface area contributed by atoms with Crippen LogP contribution in [0.3, 0.4) is 0 Å². The smallest absolute Gasteiger partial charge is 0.129 e. The molecule has 3 rings (SSSR count). The molecule has 21 heavy (non-hydrogen) atoms. The molecule has 106 valence electrons. The molecule has 4 heteroatoms. The van der Waals surface area contributed by atoms with Crippen LogP contribution in [-0.2, 0) is 13.2 Å². The first kappa shape index (κ1) is 13.5. The highest BCUT2D eigenvalue weighted by Gasteiger charge is 2.06. The molecular weight excluding hydrogens is 267 g/mol. The minimum atomic E-state index is -0.287. The van der Waals surface area contributed by atoms with Crippen molar-refractivity contribution >= 4 is 10.9 Å². The maximum absolute atomic E-state index is 13.8. The summed E-state index contributed by atoms with van der Waals surface area (Å²) < 4.78 is 19.6. The molecule has 0 amide bonds. The molecule has 0 unspecified atom stereocenters. The summed E-state index contributed by atoms with van der Waals surface area (Å²) in [6.07, 6.45) is 1.73. The van der Waals surface area contributed by atoms with Crippen molar-refractivity contribution in [2.24, 2.45) is 5.73 Å². The van der Waals surface area contributed by atoms with Crippen molar-refractivity contribution in [1.29, 1.82) is 0 Å². The predicted octanol–water partition coefficient (Wildman–Crippen LogP) is 3.41. The second-order valence-electron chi connectivity index (χ2n) is 4.74. The van der Waals surface area contributed by atoms with Crippen LogP contribution in [0.5, 0.6) is 5.75 Å². The van der Waals surface area contributed by atoms with Gasteiger partial charge in [0, 0.05) is 23.7 Å². The molecular formula is C17H15FN2O. The van der Waals surface area contributed by atoms with Crippen LogP contribution in [0.1, 0.15) is 11.1 Å². The monoisotopic (exact) mass is 282 g/mol. The minimum absolute atomic E-state index is 0.160. The van der Waals surface area contributed by atoms with Crippen molar-refractivity contribution in [2.75, 3.05) is 0 Å². The summed E-state index contributed by atoms with van der Waals surface area (Å²) in [4.78, 5) is 4.27. The third-order valence-electron chi connectivity index (χ3n) is 3.33. The number of halogens is 1. The van der Waals surface area contributed by atoms with Crippen molar-refractivity contribution in [3.8, 4) is 5.75 Å². The lowest BCUT2D eigenvalue weighted by atomic mass is 10.1. The highest BCUT2D eigenvalue weighted by molar-refractivity contribution is 5.84. The summed E-state index contributed by atoms with van der Waals surface area (Å²) in [5.41, 5.74) is 7.81. The van der Waals surface area contributed by atoms with Gasteiger partial charge in [-0.15, -0.1) is 0 Å².